The van der Waals surface area contributed by atoms with E-state index in [9.17, 15) is 13.2 Å². The molecule has 0 spiro atoms. The molecule has 8 heteroatoms. The van der Waals surface area contributed by atoms with Crippen molar-refractivity contribution in [2.45, 2.75) is 36.9 Å². The van der Waals surface area contributed by atoms with E-state index in [-0.39, 0.29) is 15.1 Å². The Morgan fingerprint density at radius 3 is 2.70 bits per heavy atom. The van der Waals surface area contributed by atoms with Gasteiger partial charge in [0.1, 0.15) is 0 Å². The zero-order valence-corrected chi connectivity index (χ0v) is 13.6. The number of rotatable bonds is 6. The summed E-state index contributed by atoms with van der Waals surface area (Å²) >= 11 is 2.24. The van der Waals surface area contributed by atoms with E-state index in [4.69, 9.17) is 0 Å². The summed E-state index contributed by atoms with van der Waals surface area (Å²) in [6.07, 6.45) is 1.59. The van der Waals surface area contributed by atoms with E-state index < -0.39 is 10.0 Å². The largest absolute Gasteiger partial charge is 0.315 e. The predicted octanol–water partition coefficient (Wildman–Crippen LogP) is 2.63. The summed E-state index contributed by atoms with van der Waals surface area (Å²) < 4.78 is 27.6. The average Bonchev–Trinajstić information content (AvgIpc) is 2.98. The van der Waals surface area contributed by atoms with Gasteiger partial charge >= 0.3 is 4.87 Å². The van der Waals surface area contributed by atoms with Gasteiger partial charge in [0, 0.05) is 10.6 Å². The molecular formula is C12H16N2O3S3. The minimum Gasteiger partial charge on any atom is -0.315 e. The van der Waals surface area contributed by atoms with Crippen molar-refractivity contribution in [1.82, 2.24) is 9.71 Å². The highest BCUT2D eigenvalue weighted by atomic mass is 32.2. The highest BCUT2D eigenvalue weighted by Gasteiger charge is 2.25. The molecule has 110 valence electrons. The highest BCUT2D eigenvalue weighted by Crippen LogP contribution is 2.26. The number of sulfonamides is 1. The van der Waals surface area contributed by atoms with Crippen LogP contribution in [0.25, 0.3) is 0 Å². The van der Waals surface area contributed by atoms with E-state index >= 15 is 0 Å². The molecule has 5 nitrogen and oxygen atoms in total. The van der Waals surface area contributed by atoms with E-state index in [1.807, 2.05) is 24.4 Å². The average molecular weight is 332 g/mol. The van der Waals surface area contributed by atoms with Gasteiger partial charge in [-0.2, -0.15) is 0 Å². The van der Waals surface area contributed by atoms with Gasteiger partial charge in [0.05, 0.1) is 6.04 Å². The Hall–Kier alpha value is -0.960. The van der Waals surface area contributed by atoms with Gasteiger partial charge in [-0.15, -0.1) is 11.3 Å². The van der Waals surface area contributed by atoms with E-state index in [1.54, 1.807) is 6.92 Å². The molecule has 0 saturated carbocycles. The normalized spacial score (nSPS) is 13.5. The van der Waals surface area contributed by atoms with Crippen LogP contribution in [0.2, 0.25) is 0 Å². The third kappa shape index (κ3) is 3.38. The first-order valence-corrected chi connectivity index (χ1v) is 9.37. The molecule has 0 aromatic carbocycles. The van der Waals surface area contributed by atoms with Gasteiger partial charge in [-0.05, 0) is 24.8 Å². The Bertz CT molecular complexity index is 713. The first-order valence-electron chi connectivity index (χ1n) is 6.19. The second-order valence-corrected chi connectivity index (χ2v) is 8.28. The van der Waals surface area contributed by atoms with Crippen molar-refractivity contribution < 1.29 is 8.42 Å². The number of hydrogen-bond donors (Lipinski definition) is 2. The van der Waals surface area contributed by atoms with Crippen LogP contribution in [-0.2, 0) is 10.0 Å². The molecule has 2 heterocycles. The number of aromatic amines is 1. The molecule has 1 unspecified atom stereocenters. The Morgan fingerprint density at radius 2 is 2.20 bits per heavy atom. The second kappa shape index (κ2) is 6.21. The maximum atomic E-state index is 12.4. The van der Waals surface area contributed by atoms with E-state index in [1.165, 1.54) is 11.3 Å². The molecule has 0 aliphatic heterocycles. The fourth-order valence-corrected chi connectivity index (χ4v) is 5.38. The van der Waals surface area contributed by atoms with Crippen LogP contribution in [0, 0.1) is 6.92 Å². The molecule has 2 N–H and O–H groups in total. The van der Waals surface area contributed by atoms with Crippen LogP contribution >= 0.6 is 22.7 Å². The Balaban J connectivity index is 2.30. The fourth-order valence-electron chi connectivity index (χ4n) is 1.93. The first kappa shape index (κ1) is 15.4. The number of thiazole rings is 1. The van der Waals surface area contributed by atoms with Crippen molar-refractivity contribution in [3.05, 3.63) is 37.8 Å². The summed E-state index contributed by atoms with van der Waals surface area (Å²) in [4.78, 5) is 14.4. The lowest BCUT2D eigenvalue weighted by atomic mass is 10.1. The van der Waals surface area contributed by atoms with Gasteiger partial charge in [-0.3, -0.25) is 4.79 Å². The summed E-state index contributed by atoms with van der Waals surface area (Å²) in [6.45, 7) is 3.60. The standard InChI is InChI=1S/C12H16N2O3S3/c1-3-5-9(10-6-4-7-18-10)14-20(16,17)11-8(2)13-12(15)19-11/h4,6-7,9,14H,3,5H2,1-2H3,(H,13,15). The number of H-pyrrole nitrogens is 1. The Kier molecular flexibility index (Phi) is 4.79. The summed E-state index contributed by atoms with van der Waals surface area (Å²) in [5.74, 6) is 0. The molecular weight excluding hydrogens is 316 g/mol. The highest BCUT2D eigenvalue weighted by molar-refractivity contribution is 7.91. The van der Waals surface area contributed by atoms with E-state index in [0.29, 0.717) is 5.69 Å². The molecule has 0 radical (unpaired) electrons. The summed E-state index contributed by atoms with van der Waals surface area (Å²) in [6, 6.07) is 3.57. The van der Waals surface area contributed by atoms with Crippen molar-refractivity contribution >= 4 is 32.7 Å². The predicted molar refractivity (Wildman–Crippen MR) is 82.0 cm³/mol. The second-order valence-electron chi connectivity index (χ2n) is 4.40. The number of hydrogen-bond acceptors (Lipinski definition) is 5. The Labute approximate surface area is 125 Å². The zero-order valence-electron chi connectivity index (χ0n) is 11.2. The Morgan fingerprint density at radius 1 is 1.45 bits per heavy atom. The number of nitrogens with one attached hydrogen (secondary N) is 2. The molecule has 0 amide bonds. The van der Waals surface area contributed by atoms with E-state index in [0.717, 1.165) is 29.1 Å². The molecule has 20 heavy (non-hydrogen) atoms. The third-order valence-electron chi connectivity index (χ3n) is 2.79. The van der Waals surface area contributed by atoms with Gasteiger partial charge in [0.15, 0.2) is 4.21 Å². The van der Waals surface area contributed by atoms with Gasteiger partial charge in [-0.1, -0.05) is 30.7 Å². The molecule has 1 atom stereocenters. The smallest absolute Gasteiger partial charge is 0.305 e. The van der Waals surface area contributed by atoms with Gasteiger partial charge in [0.25, 0.3) is 10.0 Å². The fraction of sp³-hybridized carbons (Fsp3) is 0.417. The molecule has 0 aliphatic carbocycles. The zero-order chi connectivity index (χ0) is 14.8. The number of aryl methyl sites for hydroxylation is 1. The minimum absolute atomic E-state index is 0.0696. The van der Waals surface area contributed by atoms with Crippen molar-refractivity contribution in [3.63, 3.8) is 0 Å². The summed E-state index contributed by atoms with van der Waals surface area (Å²) in [7, 11) is -3.67. The van der Waals surface area contributed by atoms with Crippen LogP contribution in [0.1, 0.15) is 36.4 Å². The van der Waals surface area contributed by atoms with Crippen LogP contribution in [0.4, 0.5) is 0 Å². The van der Waals surface area contributed by atoms with Crippen molar-refractivity contribution in [2.24, 2.45) is 0 Å². The SMILES string of the molecule is CCCC(NS(=O)(=O)c1sc(=O)[nH]c1C)c1cccs1. The monoisotopic (exact) mass is 332 g/mol. The lowest BCUT2D eigenvalue weighted by Gasteiger charge is -2.16. The molecule has 2 aromatic heterocycles. The third-order valence-corrected chi connectivity index (χ3v) is 6.85. The van der Waals surface area contributed by atoms with Crippen molar-refractivity contribution in [2.75, 3.05) is 0 Å². The lowest BCUT2D eigenvalue weighted by Crippen LogP contribution is -2.28. The molecule has 0 saturated heterocycles. The van der Waals surface area contributed by atoms with Gasteiger partial charge < -0.3 is 4.98 Å². The lowest BCUT2D eigenvalue weighted by molar-refractivity contribution is 0.541. The molecule has 2 rings (SSSR count). The molecule has 0 aliphatic rings. The van der Waals surface area contributed by atoms with Crippen molar-refractivity contribution in [1.29, 1.82) is 0 Å². The van der Waals surface area contributed by atoms with Crippen LogP contribution < -0.4 is 9.60 Å². The molecule has 2 aromatic rings. The molecule has 0 fully saturated rings. The van der Waals surface area contributed by atoms with Crippen LogP contribution in [0.15, 0.2) is 26.5 Å². The maximum Gasteiger partial charge on any atom is 0.305 e. The first-order chi connectivity index (χ1) is 9.44. The van der Waals surface area contributed by atoms with Crippen LogP contribution in [-0.4, -0.2) is 13.4 Å². The summed E-state index contributed by atoms with van der Waals surface area (Å²) in [5, 5.41) is 1.92. The molecule has 0 bridgehead atoms. The van der Waals surface area contributed by atoms with Gasteiger partial charge in [-0.25, -0.2) is 13.1 Å². The topological polar surface area (TPSA) is 79.0 Å². The minimum atomic E-state index is -3.67. The van der Waals surface area contributed by atoms with Crippen LogP contribution in [0.5, 0.6) is 0 Å². The van der Waals surface area contributed by atoms with Crippen molar-refractivity contribution in [3.8, 4) is 0 Å². The number of aromatic nitrogens is 1. The van der Waals surface area contributed by atoms with E-state index in [2.05, 4.69) is 9.71 Å². The maximum absolute atomic E-state index is 12.4. The van der Waals surface area contributed by atoms with Crippen LogP contribution in [0.3, 0.4) is 0 Å². The number of thiophene rings is 1. The quantitative estimate of drug-likeness (QED) is 0.853. The van der Waals surface area contributed by atoms with Gasteiger partial charge in [0.2, 0.25) is 0 Å². The summed E-state index contributed by atoms with van der Waals surface area (Å²) in [5.41, 5.74) is 0.383.